The number of benzene rings is 4. The standard InChI is InChI=1S/C32H23NO3/c34-31-28-15-6-5-12-24(28)27-17-16-21(19-29(27)31)9-7-8-18-33-32(35)36-20-30-25-13-3-1-10-22(25)23-11-2-4-14-26(23)30/h1-6,10-17,19,30H,8,18,20H2,(H,33,35). The zero-order chi connectivity index (χ0) is 24.5. The number of fused-ring (bicyclic) bond motifs is 6. The number of rotatable bonds is 4. The molecule has 0 bridgehead atoms. The lowest BCUT2D eigenvalue weighted by Crippen LogP contribution is -2.26. The second-order valence-electron chi connectivity index (χ2n) is 8.94. The first kappa shape index (κ1) is 21.9. The number of hydrogen-bond acceptors (Lipinski definition) is 3. The molecule has 0 saturated carbocycles. The Bertz CT molecular complexity index is 1530. The van der Waals surface area contributed by atoms with Crippen LogP contribution in [0.3, 0.4) is 0 Å². The van der Waals surface area contributed by atoms with Crippen molar-refractivity contribution in [1.82, 2.24) is 5.32 Å². The van der Waals surface area contributed by atoms with Crippen LogP contribution in [-0.4, -0.2) is 25.0 Å². The molecule has 2 aliphatic carbocycles. The van der Waals surface area contributed by atoms with Gasteiger partial charge in [0.15, 0.2) is 5.78 Å². The third-order valence-electron chi connectivity index (χ3n) is 6.82. The Kier molecular flexibility index (Phi) is 5.59. The van der Waals surface area contributed by atoms with E-state index in [0.29, 0.717) is 18.5 Å². The molecule has 0 unspecified atom stereocenters. The van der Waals surface area contributed by atoms with E-state index in [1.807, 2.05) is 66.7 Å². The van der Waals surface area contributed by atoms with E-state index in [-0.39, 0.29) is 18.3 Å². The molecule has 1 amide bonds. The summed E-state index contributed by atoms with van der Waals surface area (Å²) in [5.41, 5.74) is 8.94. The highest BCUT2D eigenvalue weighted by molar-refractivity contribution is 6.21. The topological polar surface area (TPSA) is 55.4 Å². The molecule has 4 nitrogen and oxygen atoms in total. The second kappa shape index (κ2) is 9.20. The second-order valence-corrected chi connectivity index (χ2v) is 8.94. The summed E-state index contributed by atoms with van der Waals surface area (Å²) in [6.07, 6.45) is 0.0367. The van der Waals surface area contributed by atoms with Crippen LogP contribution in [0.5, 0.6) is 0 Å². The van der Waals surface area contributed by atoms with Gasteiger partial charge in [0.2, 0.25) is 0 Å². The zero-order valence-corrected chi connectivity index (χ0v) is 19.6. The highest BCUT2D eigenvalue weighted by Crippen LogP contribution is 2.44. The summed E-state index contributed by atoms with van der Waals surface area (Å²) in [7, 11) is 0. The number of nitrogens with one attached hydrogen (secondary N) is 1. The SMILES string of the molecule is O=C(NCCC#Cc1ccc2c(c1)C(=O)c1ccccc1-2)OCC1c2ccccc2-c2ccccc21. The summed E-state index contributed by atoms with van der Waals surface area (Å²) in [5.74, 6) is 6.26. The van der Waals surface area contributed by atoms with Gasteiger partial charge in [0.25, 0.3) is 0 Å². The van der Waals surface area contributed by atoms with Crippen LogP contribution in [0.15, 0.2) is 91.0 Å². The minimum Gasteiger partial charge on any atom is -0.449 e. The fraction of sp³-hybridized carbons (Fsp3) is 0.125. The quantitative estimate of drug-likeness (QED) is 0.253. The van der Waals surface area contributed by atoms with E-state index in [2.05, 4.69) is 41.4 Å². The van der Waals surface area contributed by atoms with E-state index in [4.69, 9.17) is 4.74 Å². The van der Waals surface area contributed by atoms with E-state index in [9.17, 15) is 9.59 Å². The molecule has 4 aromatic rings. The van der Waals surface area contributed by atoms with Crippen molar-refractivity contribution in [2.45, 2.75) is 12.3 Å². The summed E-state index contributed by atoms with van der Waals surface area (Å²) in [4.78, 5) is 25.0. The van der Waals surface area contributed by atoms with Crippen molar-refractivity contribution in [3.05, 3.63) is 119 Å². The fourth-order valence-electron chi connectivity index (χ4n) is 5.15. The van der Waals surface area contributed by atoms with Gasteiger partial charge in [0.1, 0.15) is 6.61 Å². The van der Waals surface area contributed by atoms with Gasteiger partial charge in [-0.25, -0.2) is 4.79 Å². The largest absolute Gasteiger partial charge is 0.449 e. The summed E-state index contributed by atoms with van der Waals surface area (Å²) >= 11 is 0. The van der Waals surface area contributed by atoms with Gasteiger partial charge in [-0.2, -0.15) is 0 Å². The molecule has 0 spiro atoms. The number of amides is 1. The van der Waals surface area contributed by atoms with Crippen LogP contribution < -0.4 is 5.32 Å². The lowest BCUT2D eigenvalue weighted by Gasteiger charge is -2.14. The Morgan fingerprint density at radius 1 is 0.750 bits per heavy atom. The molecule has 1 N–H and O–H groups in total. The van der Waals surface area contributed by atoms with Crippen molar-refractivity contribution in [3.63, 3.8) is 0 Å². The highest BCUT2D eigenvalue weighted by atomic mass is 16.5. The number of ketones is 1. The molecule has 0 radical (unpaired) electrons. The number of ether oxygens (including phenoxy) is 1. The van der Waals surface area contributed by atoms with Crippen molar-refractivity contribution in [1.29, 1.82) is 0 Å². The maximum absolute atomic E-state index is 12.7. The number of hydrogen-bond donors (Lipinski definition) is 1. The van der Waals surface area contributed by atoms with Crippen molar-refractivity contribution in [3.8, 4) is 34.1 Å². The van der Waals surface area contributed by atoms with Crippen LogP contribution >= 0.6 is 0 Å². The monoisotopic (exact) mass is 469 g/mol. The average Bonchev–Trinajstić information content (AvgIpc) is 3.39. The average molecular weight is 470 g/mol. The molecule has 0 aliphatic heterocycles. The van der Waals surface area contributed by atoms with Gasteiger partial charge in [-0.3, -0.25) is 4.79 Å². The van der Waals surface area contributed by atoms with E-state index in [1.54, 1.807) is 0 Å². The van der Waals surface area contributed by atoms with Crippen LogP contribution in [0.1, 0.15) is 45.0 Å². The molecule has 6 rings (SSSR count). The van der Waals surface area contributed by atoms with Crippen molar-refractivity contribution >= 4 is 11.9 Å². The third kappa shape index (κ3) is 3.85. The maximum Gasteiger partial charge on any atom is 0.407 e. The van der Waals surface area contributed by atoms with Gasteiger partial charge >= 0.3 is 6.09 Å². The zero-order valence-electron chi connectivity index (χ0n) is 19.6. The summed E-state index contributed by atoms with van der Waals surface area (Å²) in [6.45, 7) is 0.677. The van der Waals surface area contributed by atoms with Crippen LogP contribution in [0, 0.1) is 11.8 Å². The summed E-state index contributed by atoms with van der Waals surface area (Å²) < 4.78 is 5.56. The first-order valence-electron chi connectivity index (χ1n) is 12.1. The summed E-state index contributed by atoms with van der Waals surface area (Å²) in [5, 5.41) is 2.78. The Balaban J connectivity index is 1.03. The van der Waals surface area contributed by atoms with Gasteiger partial charge in [0, 0.05) is 35.6 Å². The molecule has 4 aromatic carbocycles. The summed E-state index contributed by atoms with van der Waals surface area (Å²) in [6, 6.07) is 29.9. The van der Waals surface area contributed by atoms with Gasteiger partial charge < -0.3 is 10.1 Å². The number of alkyl carbamates (subject to hydrolysis) is 1. The molecule has 4 heteroatoms. The molecule has 2 aliphatic rings. The molecular formula is C32H23NO3. The van der Waals surface area contributed by atoms with E-state index in [0.717, 1.165) is 22.3 Å². The minimum absolute atomic E-state index is 0.0385. The van der Waals surface area contributed by atoms with E-state index < -0.39 is 6.09 Å². The predicted molar refractivity (Wildman–Crippen MR) is 140 cm³/mol. The van der Waals surface area contributed by atoms with Crippen LogP contribution in [0.2, 0.25) is 0 Å². The smallest absolute Gasteiger partial charge is 0.407 e. The predicted octanol–water partition coefficient (Wildman–Crippen LogP) is 6.18. The normalized spacial score (nSPS) is 12.6. The van der Waals surface area contributed by atoms with Crippen LogP contribution in [0.25, 0.3) is 22.3 Å². The molecule has 36 heavy (non-hydrogen) atoms. The van der Waals surface area contributed by atoms with Gasteiger partial charge in [-0.1, -0.05) is 90.7 Å². The third-order valence-corrected chi connectivity index (χ3v) is 6.82. The van der Waals surface area contributed by atoms with Crippen molar-refractivity contribution in [2.24, 2.45) is 0 Å². The van der Waals surface area contributed by atoms with Crippen LogP contribution in [0.4, 0.5) is 4.79 Å². The first-order valence-corrected chi connectivity index (χ1v) is 12.1. The molecule has 0 aromatic heterocycles. The highest BCUT2D eigenvalue weighted by Gasteiger charge is 2.29. The van der Waals surface area contributed by atoms with E-state index in [1.165, 1.54) is 22.3 Å². The van der Waals surface area contributed by atoms with Crippen molar-refractivity contribution in [2.75, 3.05) is 13.2 Å². The van der Waals surface area contributed by atoms with E-state index >= 15 is 0 Å². The first-order chi connectivity index (χ1) is 17.7. The van der Waals surface area contributed by atoms with Gasteiger partial charge in [-0.15, -0.1) is 0 Å². The Labute approximate surface area is 209 Å². The molecule has 0 atom stereocenters. The minimum atomic E-state index is -0.445. The van der Waals surface area contributed by atoms with Gasteiger partial charge in [0.05, 0.1) is 0 Å². The fourth-order valence-corrected chi connectivity index (χ4v) is 5.15. The maximum atomic E-state index is 12.7. The van der Waals surface area contributed by atoms with Crippen molar-refractivity contribution < 1.29 is 14.3 Å². The molecule has 0 heterocycles. The molecule has 0 fully saturated rings. The van der Waals surface area contributed by atoms with Crippen LogP contribution in [-0.2, 0) is 4.74 Å². The lowest BCUT2D eigenvalue weighted by atomic mass is 9.98. The Hall–Kier alpha value is -4.62. The molecule has 0 saturated heterocycles. The van der Waals surface area contributed by atoms with Gasteiger partial charge in [-0.05, 0) is 45.5 Å². The molecule has 174 valence electrons. The lowest BCUT2D eigenvalue weighted by molar-refractivity contribution is 0.104. The number of carbonyl (C=O) groups is 2. The molecular weight excluding hydrogens is 446 g/mol. The Morgan fingerprint density at radius 2 is 1.36 bits per heavy atom. The Morgan fingerprint density at radius 3 is 2.08 bits per heavy atom. The number of carbonyl (C=O) groups excluding carboxylic acids is 2.